The van der Waals surface area contributed by atoms with Crippen molar-refractivity contribution in [2.75, 3.05) is 20.1 Å². The van der Waals surface area contributed by atoms with Crippen molar-refractivity contribution in [3.8, 4) is 0 Å². The topological polar surface area (TPSA) is 29.3 Å². The van der Waals surface area contributed by atoms with Crippen LogP contribution in [0.15, 0.2) is 24.3 Å². The van der Waals surface area contributed by atoms with E-state index in [2.05, 4.69) is 43.1 Å². The molecule has 1 aromatic carbocycles. The lowest BCUT2D eigenvalue weighted by molar-refractivity contribution is 0.283. The van der Waals surface area contributed by atoms with Crippen LogP contribution >= 0.6 is 12.2 Å². The van der Waals surface area contributed by atoms with Gasteiger partial charge in [-0.05, 0) is 43.4 Å². The minimum absolute atomic E-state index is 0.291. The average Bonchev–Trinajstić information content (AvgIpc) is 2.39. The van der Waals surface area contributed by atoms with Crippen LogP contribution < -0.4 is 5.73 Å². The number of nitrogens with two attached hydrogens (primary N) is 1. The second-order valence-electron chi connectivity index (χ2n) is 5.81. The van der Waals surface area contributed by atoms with Crippen LogP contribution in [-0.2, 0) is 6.42 Å². The molecule has 0 heterocycles. The van der Waals surface area contributed by atoms with Gasteiger partial charge >= 0.3 is 0 Å². The molecule has 0 bridgehead atoms. The molecular formula is C16H24N2S. The van der Waals surface area contributed by atoms with Gasteiger partial charge in [0.2, 0.25) is 0 Å². The van der Waals surface area contributed by atoms with Gasteiger partial charge in [0.25, 0.3) is 0 Å². The van der Waals surface area contributed by atoms with E-state index in [1.54, 1.807) is 5.56 Å². The normalized spacial score (nSPS) is 20.1. The van der Waals surface area contributed by atoms with Gasteiger partial charge in [0.1, 0.15) is 0 Å². The molecule has 2 rings (SSSR count). The van der Waals surface area contributed by atoms with Gasteiger partial charge in [-0.2, -0.15) is 0 Å². The van der Waals surface area contributed by atoms with Gasteiger partial charge in [0, 0.05) is 19.0 Å². The van der Waals surface area contributed by atoms with E-state index in [0.717, 1.165) is 13.1 Å². The van der Waals surface area contributed by atoms with Crippen LogP contribution in [-0.4, -0.2) is 30.0 Å². The SMILES string of the molecule is CC(CN(C)CC1CCCc2ccccc21)C(N)=S. The number of likely N-dealkylation sites (N-methyl/N-ethyl adjacent to an activating group) is 1. The Bertz CT molecular complexity index is 444. The zero-order chi connectivity index (χ0) is 13.8. The predicted octanol–water partition coefficient (Wildman–Crippen LogP) is 2.96. The number of hydrogen-bond acceptors (Lipinski definition) is 2. The van der Waals surface area contributed by atoms with Crippen LogP contribution in [0.25, 0.3) is 0 Å². The zero-order valence-corrected chi connectivity index (χ0v) is 12.7. The zero-order valence-electron chi connectivity index (χ0n) is 11.9. The Morgan fingerprint density at radius 3 is 2.95 bits per heavy atom. The first kappa shape index (κ1) is 14.5. The van der Waals surface area contributed by atoms with Crippen molar-refractivity contribution in [3.05, 3.63) is 35.4 Å². The number of benzene rings is 1. The monoisotopic (exact) mass is 276 g/mol. The van der Waals surface area contributed by atoms with Crippen LogP contribution in [0.1, 0.15) is 36.8 Å². The lowest BCUT2D eigenvalue weighted by atomic mass is 9.82. The maximum atomic E-state index is 5.70. The lowest BCUT2D eigenvalue weighted by Gasteiger charge is -2.30. The molecule has 2 nitrogen and oxygen atoms in total. The summed E-state index contributed by atoms with van der Waals surface area (Å²) in [6, 6.07) is 8.89. The Labute approximate surface area is 122 Å². The highest BCUT2D eigenvalue weighted by Gasteiger charge is 2.21. The van der Waals surface area contributed by atoms with E-state index < -0.39 is 0 Å². The number of nitrogens with zero attached hydrogens (tertiary/aromatic N) is 1. The number of fused-ring (bicyclic) bond motifs is 1. The summed E-state index contributed by atoms with van der Waals surface area (Å²) in [5, 5.41) is 0. The van der Waals surface area contributed by atoms with Gasteiger partial charge in [0.05, 0.1) is 4.99 Å². The van der Waals surface area contributed by atoms with Crippen molar-refractivity contribution in [1.29, 1.82) is 0 Å². The predicted molar refractivity (Wildman–Crippen MR) is 85.6 cm³/mol. The van der Waals surface area contributed by atoms with E-state index in [1.165, 1.54) is 24.8 Å². The van der Waals surface area contributed by atoms with Crippen LogP contribution in [0.5, 0.6) is 0 Å². The number of thiocarbonyl (C=S) groups is 1. The van der Waals surface area contributed by atoms with Crippen molar-refractivity contribution >= 4 is 17.2 Å². The quantitative estimate of drug-likeness (QED) is 0.838. The van der Waals surface area contributed by atoms with Crippen molar-refractivity contribution in [1.82, 2.24) is 4.90 Å². The smallest absolute Gasteiger partial charge is 0.0768 e. The standard InChI is InChI=1S/C16H24N2S/c1-12(16(17)19)10-18(2)11-14-8-5-7-13-6-3-4-9-15(13)14/h3-4,6,9,12,14H,5,7-8,10-11H2,1-2H3,(H2,17,19). The van der Waals surface area contributed by atoms with Gasteiger partial charge in [-0.3, -0.25) is 0 Å². The Balaban J connectivity index is 1.98. The highest BCUT2D eigenvalue weighted by molar-refractivity contribution is 7.80. The highest BCUT2D eigenvalue weighted by atomic mass is 32.1. The molecule has 0 saturated carbocycles. The van der Waals surface area contributed by atoms with Crippen LogP contribution in [0.3, 0.4) is 0 Å². The van der Waals surface area contributed by atoms with Gasteiger partial charge in [-0.15, -0.1) is 0 Å². The average molecular weight is 276 g/mol. The lowest BCUT2D eigenvalue weighted by Crippen LogP contribution is -2.34. The number of rotatable bonds is 5. The van der Waals surface area contributed by atoms with Crippen molar-refractivity contribution in [2.24, 2.45) is 11.7 Å². The Morgan fingerprint density at radius 1 is 1.47 bits per heavy atom. The Hall–Kier alpha value is -0.930. The Morgan fingerprint density at radius 2 is 2.21 bits per heavy atom. The molecule has 104 valence electrons. The van der Waals surface area contributed by atoms with Crippen LogP contribution in [0, 0.1) is 5.92 Å². The van der Waals surface area contributed by atoms with E-state index in [9.17, 15) is 0 Å². The maximum Gasteiger partial charge on any atom is 0.0768 e. The largest absolute Gasteiger partial charge is 0.393 e. The van der Waals surface area contributed by atoms with Crippen molar-refractivity contribution in [2.45, 2.75) is 32.1 Å². The maximum absolute atomic E-state index is 5.70. The molecule has 0 amide bonds. The van der Waals surface area contributed by atoms with E-state index in [0.29, 0.717) is 16.8 Å². The summed E-state index contributed by atoms with van der Waals surface area (Å²) in [4.78, 5) is 2.99. The van der Waals surface area contributed by atoms with E-state index >= 15 is 0 Å². The summed E-state index contributed by atoms with van der Waals surface area (Å²) in [6.07, 6.45) is 3.84. The fourth-order valence-corrected chi connectivity index (χ4v) is 3.13. The van der Waals surface area contributed by atoms with E-state index in [4.69, 9.17) is 18.0 Å². The molecule has 2 unspecified atom stereocenters. The number of hydrogen-bond donors (Lipinski definition) is 1. The highest BCUT2D eigenvalue weighted by Crippen LogP contribution is 2.31. The van der Waals surface area contributed by atoms with Gasteiger partial charge in [0.15, 0.2) is 0 Å². The molecule has 1 aliphatic rings. The third kappa shape index (κ3) is 3.77. The molecule has 1 aromatic rings. The molecule has 0 saturated heterocycles. The fourth-order valence-electron chi connectivity index (χ4n) is 3.05. The minimum Gasteiger partial charge on any atom is -0.393 e. The fraction of sp³-hybridized carbons (Fsp3) is 0.562. The Kier molecular flexibility index (Phi) is 4.94. The third-order valence-electron chi connectivity index (χ3n) is 4.10. The van der Waals surface area contributed by atoms with Gasteiger partial charge in [-0.1, -0.05) is 43.4 Å². The van der Waals surface area contributed by atoms with Crippen LogP contribution in [0.4, 0.5) is 0 Å². The van der Waals surface area contributed by atoms with Crippen molar-refractivity contribution in [3.63, 3.8) is 0 Å². The molecule has 19 heavy (non-hydrogen) atoms. The molecule has 0 aliphatic heterocycles. The summed E-state index contributed by atoms with van der Waals surface area (Å²) in [6.45, 7) is 4.16. The molecule has 0 radical (unpaired) electrons. The molecule has 0 aromatic heterocycles. The molecule has 3 heteroatoms. The molecule has 0 fully saturated rings. The third-order valence-corrected chi connectivity index (χ3v) is 4.50. The second-order valence-corrected chi connectivity index (χ2v) is 6.28. The minimum atomic E-state index is 0.291. The first-order valence-electron chi connectivity index (χ1n) is 7.13. The molecular weight excluding hydrogens is 252 g/mol. The summed E-state index contributed by atoms with van der Waals surface area (Å²) in [5.41, 5.74) is 8.78. The van der Waals surface area contributed by atoms with Gasteiger partial charge < -0.3 is 10.6 Å². The summed E-state index contributed by atoms with van der Waals surface area (Å²) in [7, 11) is 2.17. The van der Waals surface area contributed by atoms with E-state index in [-0.39, 0.29) is 0 Å². The first-order valence-corrected chi connectivity index (χ1v) is 7.54. The first-order chi connectivity index (χ1) is 9.08. The van der Waals surface area contributed by atoms with Crippen molar-refractivity contribution < 1.29 is 0 Å². The molecule has 2 atom stereocenters. The summed E-state index contributed by atoms with van der Waals surface area (Å²) in [5.74, 6) is 0.951. The molecule has 2 N–H and O–H groups in total. The summed E-state index contributed by atoms with van der Waals surface area (Å²) >= 11 is 5.06. The molecule has 0 spiro atoms. The van der Waals surface area contributed by atoms with Gasteiger partial charge in [-0.25, -0.2) is 0 Å². The van der Waals surface area contributed by atoms with E-state index in [1.807, 2.05) is 0 Å². The summed E-state index contributed by atoms with van der Waals surface area (Å²) < 4.78 is 0. The van der Waals surface area contributed by atoms with Crippen LogP contribution in [0.2, 0.25) is 0 Å². The second kappa shape index (κ2) is 6.49. The number of aryl methyl sites for hydroxylation is 1. The molecule has 1 aliphatic carbocycles.